The Morgan fingerprint density at radius 1 is 0.500 bits per heavy atom. The molecule has 14 rings (SSSR count). The summed E-state index contributed by atoms with van der Waals surface area (Å²) < 4.78 is 8.79. The molecule has 70 heavy (non-hydrogen) atoms. The van der Waals surface area contributed by atoms with Crippen LogP contribution in [-0.2, 0) is 11.8 Å². The zero-order valence-electron chi connectivity index (χ0n) is 41.2. The molecule has 10 aromatic rings. The second-order valence-electron chi connectivity index (χ2n) is 20.4. The lowest BCUT2D eigenvalue weighted by Gasteiger charge is -2.29. The summed E-state index contributed by atoms with van der Waals surface area (Å²) in [7, 11) is 0. The fourth-order valence-electron chi connectivity index (χ4n) is 12.0. The van der Waals surface area contributed by atoms with Crippen LogP contribution in [0.1, 0.15) is 79.5 Å². The van der Waals surface area contributed by atoms with Crippen molar-refractivity contribution in [1.29, 1.82) is 0 Å². The molecular weight excluding hydrogens is 847 g/mol. The number of benzene rings is 8. The van der Waals surface area contributed by atoms with Crippen LogP contribution in [0.3, 0.4) is 0 Å². The quantitative estimate of drug-likeness (QED) is 0.168. The average molecular weight is 906 g/mol. The number of hydrogen-bond acceptors (Lipinski definition) is 1. The van der Waals surface area contributed by atoms with E-state index < -0.39 is 0 Å². The van der Waals surface area contributed by atoms with Crippen LogP contribution in [0.25, 0.3) is 82.8 Å². The predicted molar refractivity (Wildman–Crippen MR) is 298 cm³/mol. The molecule has 4 aliphatic carbocycles. The number of hydrogen-bond donors (Lipinski definition) is 0. The van der Waals surface area contributed by atoms with Gasteiger partial charge in [0.1, 0.15) is 11.2 Å². The van der Waals surface area contributed by atoms with Crippen LogP contribution in [-0.4, -0.2) is 4.57 Å². The number of furan rings is 1. The van der Waals surface area contributed by atoms with Crippen molar-refractivity contribution >= 4 is 54.9 Å². The van der Waals surface area contributed by atoms with Crippen LogP contribution in [0.4, 0.5) is 0 Å². The molecule has 2 aromatic heterocycles. The maximum absolute atomic E-state index is 6.33. The van der Waals surface area contributed by atoms with E-state index in [4.69, 9.17) is 4.42 Å². The Labute approximate surface area is 412 Å². The van der Waals surface area contributed by atoms with Crippen LogP contribution < -0.4 is 0 Å². The molecular formula is C68H59NO. The van der Waals surface area contributed by atoms with Gasteiger partial charge >= 0.3 is 0 Å². The van der Waals surface area contributed by atoms with Crippen LogP contribution >= 0.6 is 0 Å². The smallest absolute Gasteiger partial charge is 0.135 e. The molecule has 4 aliphatic rings. The van der Waals surface area contributed by atoms with Crippen molar-refractivity contribution in [2.45, 2.75) is 66.2 Å². The molecule has 0 aliphatic heterocycles. The maximum Gasteiger partial charge on any atom is 0.135 e. The summed E-state index contributed by atoms with van der Waals surface area (Å²) in [5.74, 6) is 1.14. The van der Waals surface area contributed by atoms with Gasteiger partial charge in [0.15, 0.2) is 0 Å². The van der Waals surface area contributed by atoms with Gasteiger partial charge in [0.05, 0.1) is 11.0 Å². The number of allylic oxidation sites excluding steroid dienone is 8. The SMILES string of the molecule is CC1=CC=C2c3ccccc3C3=CC=CC1C32.CCCCc1ccccc1.Cc1ccccc1-c1cc(-n2c3ccccc3c3cc4c(cc32)C(C)(C)c2cc3oc5ccccc5c3cc2-4)ccc1C. The van der Waals surface area contributed by atoms with Crippen LogP contribution in [0.15, 0.2) is 210 Å². The highest BCUT2D eigenvalue weighted by molar-refractivity contribution is 6.13. The molecule has 0 saturated carbocycles. The van der Waals surface area contributed by atoms with Crippen molar-refractivity contribution in [3.63, 3.8) is 0 Å². The third-order valence-corrected chi connectivity index (χ3v) is 15.8. The first-order chi connectivity index (χ1) is 34.2. The summed E-state index contributed by atoms with van der Waals surface area (Å²) in [6, 6.07) is 61.8. The highest BCUT2D eigenvalue weighted by Gasteiger charge is 2.39. The summed E-state index contributed by atoms with van der Waals surface area (Å²) in [5, 5.41) is 4.92. The summed E-state index contributed by atoms with van der Waals surface area (Å²) in [6.45, 7) is 13.6. The van der Waals surface area contributed by atoms with E-state index in [1.807, 2.05) is 6.07 Å². The highest BCUT2D eigenvalue weighted by atomic mass is 16.3. The number of rotatable bonds is 5. The Morgan fingerprint density at radius 3 is 1.91 bits per heavy atom. The molecule has 0 amide bonds. The Bertz CT molecular complexity index is 3820. The van der Waals surface area contributed by atoms with Gasteiger partial charge in [0.2, 0.25) is 0 Å². The van der Waals surface area contributed by atoms with Crippen molar-refractivity contribution in [3.8, 4) is 27.9 Å². The minimum Gasteiger partial charge on any atom is -0.456 e. The van der Waals surface area contributed by atoms with E-state index in [2.05, 4.69) is 240 Å². The highest BCUT2D eigenvalue weighted by Crippen LogP contribution is 2.55. The number of nitrogens with zero attached hydrogens (tertiary/aromatic N) is 1. The van der Waals surface area contributed by atoms with Crippen molar-refractivity contribution in [1.82, 2.24) is 4.57 Å². The lowest BCUT2D eigenvalue weighted by atomic mass is 9.74. The molecule has 0 N–H and O–H groups in total. The normalized spacial score (nSPS) is 16.6. The van der Waals surface area contributed by atoms with Crippen molar-refractivity contribution < 1.29 is 4.42 Å². The maximum atomic E-state index is 6.33. The Hall–Kier alpha value is -7.68. The number of fused-ring (bicyclic) bond motifs is 12. The molecule has 0 saturated heterocycles. The van der Waals surface area contributed by atoms with Gasteiger partial charge in [-0.2, -0.15) is 0 Å². The van der Waals surface area contributed by atoms with Gasteiger partial charge in [0.25, 0.3) is 0 Å². The minimum atomic E-state index is -0.160. The van der Waals surface area contributed by atoms with E-state index in [-0.39, 0.29) is 5.41 Å². The fraction of sp³-hybridized carbons (Fsp3) is 0.176. The Balaban J connectivity index is 0.000000152. The van der Waals surface area contributed by atoms with E-state index in [0.717, 1.165) is 11.2 Å². The Kier molecular flexibility index (Phi) is 10.8. The van der Waals surface area contributed by atoms with Crippen molar-refractivity contribution in [2.75, 3.05) is 0 Å². The Morgan fingerprint density at radius 2 is 1.14 bits per heavy atom. The molecule has 0 bridgehead atoms. The molecule has 342 valence electrons. The fourth-order valence-corrected chi connectivity index (χ4v) is 12.0. The predicted octanol–water partition coefficient (Wildman–Crippen LogP) is 18.5. The zero-order chi connectivity index (χ0) is 47.7. The van der Waals surface area contributed by atoms with Gasteiger partial charge in [-0.3, -0.25) is 0 Å². The summed E-state index contributed by atoms with van der Waals surface area (Å²) in [4.78, 5) is 0. The molecule has 2 heteroatoms. The van der Waals surface area contributed by atoms with Crippen molar-refractivity contribution in [2.24, 2.45) is 11.8 Å². The van der Waals surface area contributed by atoms with E-state index in [9.17, 15) is 0 Å². The van der Waals surface area contributed by atoms with E-state index in [1.165, 1.54) is 135 Å². The molecule has 8 aromatic carbocycles. The summed E-state index contributed by atoms with van der Waals surface area (Å²) >= 11 is 0. The monoisotopic (exact) mass is 905 g/mol. The third-order valence-electron chi connectivity index (χ3n) is 15.8. The second kappa shape index (κ2) is 17.4. The molecule has 2 unspecified atom stereocenters. The van der Waals surface area contributed by atoms with Gasteiger partial charge in [-0.25, -0.2) is 0 Å². The molecule has 2 heterocycles. The van der Waals surface area contributed by atoms with Gasteiger partial charge in [-0.1, -0.05) is 184 Å². The van der Waals surface area contributed by atoms with Crippen LogP contribution in [0.5, 0.6) is 0 Å². The lowest BCUT2D eigenvalue weighted by Crippen LogP contribution is -2.17. The third kappa shape index (κ3) is 7.15. The summed E-state index contributed by atoms with van der Waals surface area (Å²) in [5.41, 5.74) is 24.7. The second-order valence-corrected chi connectivity index (χ2v) is 20.4. The first kappa shape index (κ1) is 43.6. The average Bonchev–Trinajstić information content (AvgIpc) is 4.09. The number of unbranched alkanes of at least 4 members (excludes halogenated alkanes) is 1. The minimum absolute atomic E-state index is 0.160. The van der Waals surface area contributed by atoms with Gasteiger partial charge in [0, 0.05) is 44.5 Å². The largest absolute Gasteiger partial charge is 0.456 e. The molecule has 2 atom stereocenters. The molecule has 0 fully saturated rings. The zero-order valence-corrected chi connectivity index (χ0v) is 41.2. The van der Waals surface area contributed by atoms with Gasteiger partial charge in [-0.15, -0.1) is 0 Å². The number of para-hydroxylation sites is 2. The standard InChI is InChI=1S/C41H31NO.C17H14.C10H14/c1-24-11-5-6-12-27(24)30-19-26(18-17-25(30)2)42-37-15-9-7-13-28(37)33-20-31-32-21-34-29-14-8-10-16-39(29)43-40(34)23-36(32)41(3,4)35(31)22-38(33)42;1-11-9-10-16-14-6-3-2-5-13(14)15-8-4-7-12(11)17(15)16;1-2-3-7-10-8-5-4-6-9-10/h5-23H,1-4H3;2-10,12,17H,1H3;4-6,8-9H,2-3,7H2,1H3. The first-order valence-electron chi connectivity index (χ1n) is 25.3. The van der Waals surface area contributed by atoms with Crippen molar-refractivity contribution in [3.05, 3.63) is 245 Å². The molecule has 2 nitrogen and oxygen atoms in total. The molecule has 0 spiro atoms. The number of aromatic nitrogens is 1. The van der Waals surface area contributed by atoms with Gasteiger partial charge in [-0.05, 0) is 154 Å². The first-order valence-corrected chi connectivity index (χ1v) is 25.3. The lowest BCUT2D eigenvalue weighted by molar-refractivity contribution is 0.647. The van der Waals surface area contributed by atoms with Gasteiger partial charge < -0.3 is 8.98 Å². The van der Waals surface area contributed by atoms with E-state index in [0.29, 0.717) is 11.8 Å². The number of aryl methyl sites for hydroxylation is 3. The topological polar surface area (TPSA) is 18.1 Å². The van der Waals surface area contributed by atoms with E-state index in [1.54, 1.807) is 0 Å². The van der Waals surface area contributed by atoms with E-state index >= 15 is 0 Å². The van der Waals surface area contributed by atoms with Crippen LogP contribution in [0.2, 0.25) is 0 Å². The molecule has 0 radical (unpaired) electrons. The van der Waals surface area contributed by atoms with Crippen LogP contribution in [0, 0.1) is 25.7 Å². The summed E-state index contributed by atoms with van der Waals surface area (Å²) in [6.07, 6.45) is 15.3.